The molecule has 5 heteroatoms. The van der Waals surface area contributed by atoms with Crippen LogP contribution in [0.5, 0.6) is 0 Å². The van der Waals surface area contributed by atoms with Gasteiger partial charge in [-0.15, -0.1) is 0 Å². The third-order valence-electron chi connectivity index (χ3n) is 1.04. The van der Waals surface area contributed by atoms with Crippen molar-refractivity contribution < 1.29 is 8.54 Å². The first kappa shape index (κ1) is 11.6. The first-order valence-corrected chi connectivity index (χ1v) is 11.7. The molecule has 0 unspecified atom stereocenters. The zero-order valence-electron chi connectivity index (χ0n) is 8.52. The van der Waals surface area contributed by atoms with Crippen molar-refractivity contribution in [2.45, 2.75) is 32.7 Å². The predicted molar refractivity (Wildman–Crippen MR) is 57.8 cm³/mol. The summed E-state index contributed by atoms with van der Waals surface area (Å²) in [7, 11) is -2.01. The second-order valence-corrected chi connectivity index (χ2v) is 12.8. The highest BCUT2D eigenvalue weighted by atomic mass is 28.4. The maximum atomic E-state index is 5.94. The highest BCUT2D eigenvalue weighted by Gasteiger charge is 2.30. The Morgan fingerprint density at radius 2 is 1.55 bits per heavy atom. The van der Waals surface area contributed by atoms with Crippen molar-refractivity contribution in [1.82, 2.24) is 0 Å². The first-order chi connectivity index (χ1) is 4.77. The van der Waals surface area contributed by atoms with Gasteiger partial charge in [0.05, 0.1) is 0 Å². The molecule has 0 aromatic rings. The Kier molecular flexibility index (Phi) is 4.20. The highest BCUT2D eigenvalue weighted by Crippen LogP contribution is 2.14. The standard InChI is InChI=1S/C6H20O2Si3/c1-10(2,3)8-11(4,5)7-6-9/h6H2,1-5,9H3. The maximum absolute atomic E-state index is 5.94. The van der Waals surface area contributed by atoms with E-state index < -0.39 is 16.9 Å². The molecular weight excluding hydrogens is 188 g/mol. The summed E-state index contributed by atoms with van der Waals surface area (Å²) in [6.07, 6.45) is 0.906. The Morgan fingerprint density at radius 1 is 1.09 bits per heavy atom. The molecule has 0 heterocycles. The van der Waals surface area contributed by atoms with Crippen molar-refractivity contribution in [2.24, 2.45) is 0 Å². The van der Waals surface area contributed by atoms with Crippen LogP contribution in [0.25, 0.3) is 0 Å². The summed E-state index contributed by atoms with van der Waals surface area (Å²) in [5, 5.41) is 0. The summed E-state index contributed by atoms with van der Waals surface area (Å²) in [5.41, 5.74) is 0. The summed E-state index contributed by atoms with van der Waals surface area (Å²) < 4.78 is 11.6. The topological polar surface area (TPSA) is 18.5 Å². The highest BCUT2D eigenvalue weighted by molar-refractivity contribution is 6.81. The van der Waals surface area contributed by atoms with Gasteiger partial charge in [0.2, 0.25) is 0 Å². The molecule has 0 saturated carbocycles. The molecule has 0 amide bonds. The van der Waals surface area contributed by atoms with Gasteiger partial charge in [-0.05, 0) is 32.7 Å². The zero-order valence-corrected chi connectivity index (χ0v) is 12.5. The summed E-state index contributed by atoms with van der Waals surface area (Å²) >= 11 is 0. The van der Waals surface area contributed by atoms with Crippen molar-refractivity contribution in [3.05, 3.63) is 0 Å². The van der Waals surface area contributed by atoms with E-state index in [-0.39, 0.29) is 0 Å². The summed E-state index contributed by atoms with van der Waals surface area (Å²) in [6.45, 7) is 10.9. The van der Waals surface area contributed by atoms with Crippen LogP contribution in [0.3, 0.4) is 0 Å². The van der Waals surface area contributed by atoms with E-state index in [2.05, 4.69) is 32.7 Å². The quantitative estimate of drug-likeness (QED) is 0.639. The van der Waals surface area contributed by atoms with E-state index in [0.717, 1.165) is 16.5 Å². The number of hydrogen-bond acceptors (Lipinski definition) is 2. The second-order valence-electron chi connectivity index (χ2n) is 4.05. The Morgan fingerprint density at radius 3 is 1.82 bits per heavy atom. The molecule has 0 spiro atoms. The van der Waals surface area contributed by atoms with Gasteiger partial charge < -0.3 is 8.54 Å². The third-order valence-corrected chi connectivity index (χ3v) is 7.31. The van der Waals surface area contributed by atoms with Crippen LogP contribution in [0.15, 0.2) is 0 Å². The van der Waals surface area contributed by atoms with Crippen LogP contribution < -0.4 is 0 Å². The monoisotopic (exact) mass is 208 g/mol. The summed E-state index contributed by atoms with van der Waals surface area (Å²) in [5.74, 6) is 0. The van der Waals surface area contributed by atoms with Crippen LogP contribution in [0.2, 0.25) is 32.7 Å². The largest absolute Gasteiger partial charge is 0.436 e. The van der Waals surface area contributed by atoms with Gasteiger partial charge in [0.1, 0.15) is 0 Å². The molecule has 0 saturated heterocycles. The molecule has 0 radical (unpaired) electrons. The molecule has 0 atom stereocenters. The summed E-state index contributed by atoms with van der Waals surface area (Å²) in [6, 6.07) is 0. The van der Waals surface area contributed by atoms with Crippen LogP contribution in [0, 0.1) is 0 Å². The zero-order chi connectivity index (χ0) is 9.12. The second kappa shape index (κ2) is 3.99. The predicted octanol–water partition coefficient (Wildman–Crippen LogP) is 0.879. The van der Waals surface area contributed by atoms with Gasteiger partial charge in [-0.2, -0.15) is 0 Å². The number of hydrogen-bond donors (Lipinski definition) is 0. The SMILES string of the molecule is C[Si](C)(C)O[Si](C)(C)OC[SiH3]. The van der Waals surface area contributed by atoms with Gasteiger partial charge in [-0.3, -0.25) is 0 Å². The molecule has 0 fully saturated rings. The average molecular weight is 208 g/mol. The minimum absolute atomic E-state index is 0.906. The number of rotatable bonds is 4. The lowest BCUT2D eigenvalue weighted by molar-refractivity contribution is 0.294. The van der Waals surface area contributed by atoms with Gasteiger partial charge in [-0.1, -0.05) is 0 Å². The minimum atomic E-state index is -1.74. The van der Waals surface area contributed by atoms with Crippen LogP contribution in [0.1, 0.15) is 0 Å². The van der Waals surface area contributed by atoms with E-state index in [1.807, 2.05) is 0 Å². The van der Waals surface area contributed by atoms with E-state index in [9.17, 15) is 0 Å². The fourth-order valence-corrected chi connectivity index (χ4v) is 10.0. The van der Waals surface area contributed by atoms with Crippen molar-refractivity contribution in [3.63, 3.8) is 0 Å². The lowest BCUT2D eigenvalue weighted by atomic mass is 11.7. The normalized spacial score (nSPS) is 13.9. The van der Waals surface area contributed by atoms with E-state index in [4.69, 9.17) is 8.54 Å². The van der Waals surface area contributed by atoms with Crippen molar-refractivity contribution in [2.75, 3.05) is 6.23 Å². The van der Waals surface area contributed by atoms with E-state index in [1.54, 1.807) is 0 Å². The molecule has 0 aliphatic heterocycles. The van der Waals surface area contributed by atoms with Crippen molar-refractivity contribution in [3.8, 4) is 0 Å². The molecule has 0 bridgehead atoms. The molecule has 0 aromatic heterocycles. The minimum Gasteiger partial charge on any atom is -0.436 e. The molecular formula is C6H20O2Si3. The van der Waals surface area contributed by atoms with Crippen LogP contribution in [-0.2, 0) is 8.54 Å². The van der Waals surface area contributed by atoms with Gasteiger partial charge in [0.25, 0.3) is 0 Å². The van der Waals surface area contributed by atoms with Crippen LogP contribution >= 0.6 is 0 Å². The lowest BCUT2D eigenvalue weighted by Crippen LogP contribution is -2.45. The Balaban J connectivity index is 3.91. The Bertz CT molecular complexity index is 119. The maximum Gasteiger partial charge on any atom is 0.321 e. The van der Waals surface area contributed by atoms with E-state index in [0.29, 0.717) is 0 Å². The van der Waals surface area contributed by atoms with Crippen molar-refractivity contribution in [1.29, 1.82) is 0 Å². The Labute approximate surface area is 75.1 Å². The molecule has 0 aromatic carbocycles. The summed E-state index contributed by atoms with van der Waals surface area (Å²) in [4.78, 5) is 0. The van der Waals surface area contributed by atoms with Gasteiger partial charge in [0.15, 0.2) is 8.32 Å². The fraction of sp³-hybridized carbons (Fsp3) is 1.00. The lowest BCUT2D eigenvalue weighted by Gasteiger charge is -2.30. The third kappa shape index (κ3) is 6.95. The van der Waals surface area contributed by atoms with Crippen LogP contribution in [-0.4, -0.2) is 33.4 Å². The van der Waals surface area contributed by atoms with Gasteiger partial charge in [0, 0.05) is 16.5 Å². The molecule has 0 rings (SSSR count). The van der Waals surface area contributed by atoms with Gasteiger partial charge in [-0.25, -0.2) is 0 Å². The van der Waals surface area contributed by atoms with E-state index >= 15 is 0 Å². The molecule has 0 aliphatic carbocycles. The first-order valence-electron chi connectivity index (χ1n) is 4.11. The molecule has 0 N–H and O–H groups in total. The smallest absolute Gasteiger partial charge is 0.321 e. The average Bonchev–Trinajstić information content (AvgIpc) is 1.55. The molecule has 68 valence electrons. The molecule has 11 heavy (non-hydrogen) atoms. The van der Waals surface area contributed by atoms with Crippen LogP contribution in [0.4, 0.5) is 0 Å². The van der Waals surface area contributed by atoms with E-state index in [1.165, 1.54) is 0 Å². The van der Waals surface area contributed by atoms with Crippen molar-refractivity contribution >= 4 is 27.1 Å². The molecule has 0 aliphatic rings. The molecule has 2 nitrogen and oxygen atoms in total. The Hall–Kier alpha value is 0.571. The fourth-order valence-electron chi connectivity index (χ4n) is 1.11. The van der Waals surface area contributed by atoms with Gasteiger partial charge >= 0.3 is 8.56 Å².